The van der Waals surface area contributed by atoms with Crippen LogP contribution in [0.5, 0.6) is 11.5 Å². The number of anilines is 1. The van der Waals surface area contributed by atoms with Gasteiger partial charge in [0, 0.05) is 37.9 Å². The Morgan fingerprint density at radius 1 is 0.900 bits per heavy atom. The van der Waals surface area contributed by atoms with Gasteiger partial charge in [-0.3, -0.25) is 4.79 Å². The van der Waals surface area contributed by atoms with Crippen molar-refractivity contribution in [3.63, 3.8) is 0 Å². The zero-order chi connectivity index (χ0) is 20.9. The van der Waals surface area contributed by atoms with Crippen LogP contribution in [0.25, 0.3) is 11.4 Å². The third-order valence-electron chi connectivity index (χ3n) is 5.20. The van der Waals surface area contributed by atoms with Crippen molar-refractivity contribution in [1.82, 2.24) is 14.9 Å². The molecule has 30 heavy (non-hydrogen) atoms. The molecule has 0 N–H and O–H groups in total. The lowest BCUT2D eigenvalue weighted by Crippen LogP contribution is -2.49. The molecule has 0 unspecified atom stereocenters. The zero-order valence-electron chi connectivity index (χ0n) is 17.1. The molecule has 0 aliphatic carbocycles. The molecule has 2 aromatic carbocycles. The van der Waals surface area contributed by atoms with E-state index in [0.717, 1.165) is 11.4 Å². The van der Waals surface area contributed by atoms with Crippen molar-refractivity contribution in [2.24, 2.45) is 0 Å². The molecule has 7 heteroatoms. The largest absolute Gasteiger partial charge is 0.493 e. The maximum Gasteiger partial charge on any atom is 0.257 e. The molecule has 3 aromatic rings. The SMILES string of the molecule is COc1cccc(C(=O)N2CCN(c3ccnc(-c4ccccc4)n3)CC2)c1OC. The summed E-state index contributed by atoms with van der Waals surface area (Å²) in [5.74, 6) is 2.54. The highest BCUT2D eigenvalue weighted by Crippen LogP contribution is 2.31. The number of aromatic nitrogens is 2. The molecule has 0 saturated carbocycles. The molecule has 1 saturated heterocycles. The number of ether oxygens (including phenoxy) is 2. The maximum atomic E-state index is 13.1. The Labute approximate surface area is 175 Å². The van der Waals surface area contributed by atoms with Crippen molar-refractivity contribution >= 4 is 11.7 Å². The van der Waals surface area contributed by atoms with Gasteiger partial charge in [-0.25, -0.2) is 9.97 Å². The van der Waals surface area contributed by atoms with E-state index >= 15 is 0 Å². The van der Waals surface area contributed by atoms with Crippen LogP contribution >= 0.6 is 0 Å². The number of hydrogen-bond acceptors (Lipinski definition) is 6. The van der Waals surface area contributed by atoms with E-state index in [1.54, 1.807) is 38.6 Å². The fourth-order valence-corrected chi connectivity index (χ4v) is 3.62. The van der Waals surface area contributed by atoms with E-state index in [2.05, 4.69) is 9.88 Å². The molecular formula is C23H24N4O3. The van der Waals surface area contributed by atoms with E-state index in [-0.39, 0.29) is 5.91 Å². The number of rotatable bonds is 5. The van der Waals surface area contributed by atoms with E-state index < -0.39 is 0 Å². The molecule has 1 amide bonds. The van der Waals surface area contributed by atoms with Gasteiger partial charge < -0.3 is 19.3 Å². The van der Waals surface area contributed by atoms with Gasteiger partial charge >= 0.3 is 0 Å². The molecule has 7 nitrogen and oxygen atoms in total. The van der Waals surface area contributed by atoms with E-state index in [9.17, 15) is 4.79 Å². The number of nitrogens with zero attached hydrogens (tertiary/aromatic N) is 4. The van der Waals surface area contributed by atoms with Crippen LogP contribution in [0.3, 0.4) is 0 Å². The number of piperazine rings is 1. The molecule has 0 radical (unpaired) electrons. The number of amides is 1. The Kier molecular flexibility index (Phi) is 5.79. The molecule has 1 fully saturated rings. The monoisotopic (exact) mass is 404 g/mol. The quantitative estimate of drug-likeness (QED) is 0.651. The highest BCUT2D eigenvalue weighted by atomic mass is 16.5. The summed E-state index contributed by atoms with van der Waals surface area (Å²) in [6, 6.07) is 17.2. The van der Waals surface area contributed by atoms with Crippen molar-refractivity contribution in [2.45, 2.75) is 0 Å². The number of carbonyl (C=O) groups is 1. The van der Waals surface area contributed by atoms with Crippen LogP contribution in [-0.2, 0) is 0 Å². The second kappa shape index (κ2) is 8.82. The van der Waals surface area contributed by atoms with Crippen LogP contribution in [0.4, 0.5) is 5.82 Å². The van der Waals surface area contributed by atoms with Crippen LogP contribution in [0.15, 0.2) is 60.8 Å². The Hall–Kier alpha value is -3.61. The third-order valence-corrected chi connectivity index (χ3v) is 5.20. The molecular weight excluding hydrogens is 380 g/mol. The summed E-state index contributed by atoms with van der Waals surface area (Å²) in [6.45, 7) is 2.60. The van der Waals surface area contributed by atoms with Crippen LogP contribution in [-0.4, -0.2) is 61.2 Å². The molecule has 4 rings (SSSR count). The predicted octanol–water partition coefficient (Wildman–Crippen LogP) is 3.12. The van der Waals surface area contributed by atoms with Crippen molar-refractivity contribution in [3.8, 4) is 22.9 Å². The summed E-state index contributed by atoms with van der Waals surface area (Å²) < 4.78 is 10.7. The Morgan fingerprint density at radius 3 is 2.37 bits per heavy atom. The minimum absolute atomic E-state index is 0.0573. The van der Waals surface area contributed by atoms with E-state index in [1.807, 2.05) is 41.3 Å². The summed E-state index contributed by atoms with van der Waals surface area (Å²) in [7, 11) is 3.11. The van der Waals surface area contributed by atoms with Gasteiger partial charge in [0.15, 0.2) is 17.3 Å². The first kappa shape index (κ1) is 19.7. The molecule has 1 aliphatic heterocycles. The van der Waals surface area contributed by atoms with E-state index in [1.165, 1.54) is 0 Å². The first-order valence-corrected chi connectivity index (χ1v) is 9.85. The molecule has 1 aromatic heterocycles. The first-order valence-electron chi connectivity index (χ1n) is 9.85. The number of methoxy groups -OCH3 is 2. The third kappa shape index (κ3) is 3.91. The van der Waals surface area contributed by atoms with Crippen molar-refractivity contribution < 1.29 is 14.3 Å². The maximum absolute atomic E-state index is 13.1. The standard InChI is InChI=1S/C23H24N4O3/c1-29-19-10-6-9-18(21(19)30-2)23(28)27-15-13-26(14-16-27)20-11-12-24-22(25-20)17-7-4-3-5-8-17/h3-12H,13-16H2,1-2H3. The van der Waals surface area contributed by atoms with Gasteiger partial charge in [-0.05, 0) is 18.2 Å². The second-order valence-electron chi connectivity index (χ2n) is 6.92. The second-order valence-corrected chi connectivity index (χ2v) is 6.92. The summed E-state index contributed by atoms with van der Waals surface area (Å²) in [5.41, 5.74) is 1.50. The molecule has 0 spiro atoms. The Balaban J connectivity index is 1.47. The highest BCUT2D eigenvalue weighted by Gasteiger charge is 2.26. The fourth-order valence-electron chi connectivity index (χ4n) is 3.62. The molecule has 0 bridgehead atoms. The molecule has 0 atom stereocenters. The van der Waals surface area contributed by atoms with Crippen LogP contribution < -0.4 is 14.4 Å². The smallest absolute Gasteiger partial charge is 0.257 e. The van der Waals surface area contributed by atoms with Crippen molar-refractivity contribution in [1.29, 1.82) is 0 Å². The van der Waals surface area contributed by atoms with Crippen LogP contribution in [0.1, 0.15) is 10.4 Å². The zero-order valence-corrected chi connectivity index (χ0v) is 17.1. The van der Waals surface area contributed by atoms with Gasteiger partial charge in [-0.1, -0.05) is 36.4 Å². The first-order chi connectivity index (χ1) is 14.7. The summed E-state index contributed by atoms with van der Waals surface area (Å²) in [4.78, 5) is 26.2. The summed E-state index contributed by atoms with van der Waals surface area (Å²) in [5, 5.41) is 0. The Morgan fingerprint density at radius 2 is 1.67 bits per heavy atom. The Bertz CT molecular complexity index is 1020. The van der Waals surface area contributed by atoms with Gasteiger partial charge in [-0.2, -0.15) is 0 Å². The lowest BCUT2D eigenvalue weighted by Gasteiger charge is -2.35. The number of benzene rings is 2. The number of para-hydroxylation sites is 1. The number of hydrogen-bond donors (Lipinski definition) is 0. The van der Waals surface area contributed by atoms with Gasteiger partial charge in [0.05, 0.1) is 19.8 Å². The van der Waals surface area contributed by atoms with Gasteiger partial charge in [-0.15, -0.1) is 0 Å². The van der Waals surface area contributed by atoms with Crippen molar-refractivity contribution in [2.75, 3.05) is 45.3 Å². The summed E-state index contributed by atoms with van der Waals surface area (Å²) in [6.07, 6.45) is 1.78. The average Bonchev–Trinajstić information content (AvgIpc) is 2.83. The van der Waals surface area contributed by atoms with Gasteiger partial charge in [0.25, 0.3) is 5.91 Å². The normalized spacial score (nSPS) is 13.8. The predicted molar refractivity (Wildman–Crippen MR) is 115 cm³/mol. The molecule has 154 valence electrons. The molecule has 1 aliphatic rings. The van der Waals surface area contributed by atoms with E-state index in [4.69, 9.17) is 14.5 Å². The minimum atomic E-state index is -0.0573. The minimum Gasteiger partial charge on any atom is -0.493 e. The molecule has 2 heterocycles. The van der Waals surface area contributed by atoms with E-state index in [0.29, 0.717) is 49.1 Å². The summed E-state index contributed by atoms with van der Waals surface area (Å²) >= 11 is 0. The lowest BCUT2D eigenvalue weighted by atomic mass is 10.1. The fraction of sp³-hybridized carbons (Fsp3) is 0.261. The van der Waals surface area contributed by atoms with Crippen molar-refractivity contribution in [3.05, 3.63) is 66.4 Å². The van der Waals surface area contributed by atoms with Gasteiger partial charge in [0.1, 0.15) is 5.82 Å². The highest BCUT2D eigenvalue weighted by molar-refractivity contribution is 5.98. The van der Waals surface area contributed by atoms with Gasteiger partial charge in [0.2, 0.25) is 0 Å². The van der Waals surface area contributed by atoms with Crippen LogP contribution in [0.2, 0.25) is 0 Å². The average molecular weight is 404 g/mol. The lowest BCUT2D eigenvalue weighted by molar-refractivity contribution is 0.0742. The topological polar surface area (TPSA) is 67.8 Å². The van der Waals surface area contributed by atoms with Crippen LogP contribution in [0, 0.1) is 0 Å². The number of carbonyl (C=O) groups excluding carboxylic acids is 1.